The summed E-state index contributed by atoms with van der Waals surface area (Å²) in [4.78, 5) is 32.9. The molecule has 0 N–H and O–H groups in total. The van der Waals surface area contributed by atoms with Crippen LogP contribution in [0.3, 0.4) is 0 Å². The number of hydrogen-bond donors (Lipinski definition) is 0. The molecule has 2 aliphatic rings. The summed E-state index contributed by atoms with van der Waals surface area (Å²) in [7, 11) is 1.86. The number of hydrogen-bond acceptors (Lipinski definition) is 3. The van der Waals surface area contributed by atoms with E-state index in [0.29, 0.717) is 25.3 Å². The first kappa shape index (κ1) is 14.0. The SMILES string of the molecule is Cn1cccc1C(=O)N1C[C@@H]2CN(c3cccnc3)C(=O)[C@@H]2C1. The third-order valence-electron chi connectivity index (χ3n) is 4.85. The number of anilines is 1. The molecule has 0 saturated carbocycles. The van der Waals surface area contributed by atoms with Crippen LogP contribution in [0, 0.1) is 11.8 Å². The van der Waals surface area contributed by atoms with E-state index in [2.05, 4.69) is 4.98 Å². The summed E-state index contributed by atoms with van der Waals surface area (Å²) in [5.41, 5.74) is 1.51. The number of likely N-dealkylation sites (tertiary alicyclic amines) is 1. The molecule has 2 aromatic rings. The standard InChI is InChI=1S/C17H18N4O2/c1-19-7-3-5-15(19)17(23)20-9-12-10-21(16(22)14(12)11-20)13-4-2-6-18-8-13/h2-8,12,14H,9-11H2,1H3/t12-,14-/m1/s1. The van der Waals surface area contributed by atoms with Gasteiger partial charge in [-0.3, -0.25) is 14.6 Å². The third-order valence-corrected chi connectivity index (χ3v) is 4.85. The summed E-state index contributed by atoms with van der Waals surface area (Å²) in [5, 5.41) is 0. The van der Waals surface area contributed by atoms with Gasteiger partial charge in [-0.2, -0.15) is 0 Å². The molecule has 2 fully saturated rings. The molecule has 23 heavy (non-hydrogen) atoms. The first-order chi connectivity index (χ1) is 11.1. The van der Waals surface area contributed by atoms with Crippen molar-refractivity contribution in [2.45, 2.75) is 0 Å². The van der Waals surface area contributed by atoms with Gasteiger partial charge in [-0.05, 0) is 24.3 Å². The van der Waals surface area contributed by atoms with Gasteiger partial charge in [0.05, 0.1) is 17.8 Å². The van der Waals surface area contributed by atoms with E-state index in [4.69, 9.17) is 0 Å². The van der Waals surface area contributed by atoms with Crippen LogP contribution in [0.5, 0.6) is 0 Å². The predicted octanol–water partition coefficient (Wildman–Crippen LogP) is 1.16. The molecule has 2 aliphatic heterocycles. The first-order valence-corrected chi connectivity index (χ1v) is 7.77. The van der Waals surface area contributed by atoms with E-state index in [1.807, 2.05) is 47.0 Å². The van der Waals surface area contributed by atoms with Gasteiger partial charge in [0.2, 0.25) is 5.91 Å². The fraction of sp³-hybridized carbons (Fsp3) is 0.353. The molecular formula is C17H18N4O2. The monoisotopic (exact) mass is 310 g/mol. The molecule has 6 nitrogen and oxygen atoms in total. The topological polar surface area (TPSA) is 58.4 Å². The highest BCUT2D eigenvalue weighted by atomic mass is 16.2. The number of fused-ring (bicyclic) bond motifs is 1. The lowest BCUT2D eigenvalue weighted by Gasteiger charge is -2.22. The van der Waals surface area contributed by atoms with Crippen molar-refractivity contribution in [1.82, 2.24) is 14.5 Å². The van der Waals surface area contributed by atoms with E-state index in [0.717, 1.165) is 5.69 Å². The van der Waals surface area contributed by atoms with Crippen molar-refractivity contribution < 1.29 is 9.59 Å². The molecule has 118 valence electrons. The molecule has 0 unspecified atom stereocenters. The number of nitrogens with zero attached hydrogens (tertiary/aromatic N) is 4. The molecule has 0 bridgehead atoms. The number of aryl methyl sites for hydroxylation is 1. The second-order valence-corrected chi connectivity index (χ2v) is 6.24. The van der Waals surface area contributed by atoms with Crippen molar-refractivity contribution in [2.75, 3.05) is 24.5 Å². The lowest BCUT2D eigenvalue weighted by Crippen LogP contribution is -2.36. The Bertz CT molecular complexity index is 755. The first-order valence-electron chi connectivity index (χ1n) is 7.77. The fourth-order valence-corrected chi connectivity index (χ4v) is 3.62. The van der Waals surface area contributed by atoms with E-state index < -0.39 is 0 Å². The van der Waals surface area contributed by atoms with Gasteiger partial charge >= 0.3 is 0 Å². The maximum atomic E-state index is 12.7. The molecule has 0 spiro atoms. The Balaban J connectivity index is 1.50. The minimum atomic E-state index is -0.0978. The predicted molar refractivity (Wildman–Crippen MR) is 84.9 cm³/mol. The average molecular weight is 310 g/mol. The van der Waals surface area contributed by atoms with Crippen LogP contribution >= 0.6 is 0 Å². The van der Waals surface area contributed by atoms with Crippen molar-refractivity contribution in [3.63, 3.8) is 0 Å². The normalized spacial score (nSPS) is 23.4. The van der Waals surface area contributed by atoms with Crippen LogP contribution in [0.2, 0.25) is 0 Å². The maximum absolute atomic E-state index is 12.7. The summed E-state index contributed by atoms with van der Waals surface area (Å²) in [6.45, 7) is 1.80. The Morgan fingerprint density at radius 3 is 2.74 bits per heavy atom. The number of pyridine rings is 1. The molecule has 2 saturated heterocycles. The fourth-order valence-electron chi connectivity index (χ4n) is 3.62. The zero-order chi connectivity index (χ0) is 16.0. The van der Waals surface area contributed by atoms with Crippen LogP contribution in [0.1, 0.15) is 10.5 Å². The maximum Gasteiger partial charge on any atom is 0.270 e. The van der Waals surface area contributed by atoms with Gasteiger partial charge in [0.25, 0.3) is 5.91 Å². The van der Waals surface area contributed by atoms with Crippen LogP contribution in [0.25, 0.3) is 0 Å². The highest BCUT2D eigenvalue weighted by Crippen LogP contribution is 2.35. The smallest absolute Gasteiger partial charge is 0.270 e. The Hall–Kier alpha value is -2.63. The number of carbonyl (C=O) groups excluding carboxylic acids is 2. The number of rotatable bonds is 2. The third kappa shape index (κ3) is 2.21. The minimum absolute atomic E-state index is 0.00706. The van der Waals surface area contributed by atoms with Crippen molar-refractivity contribution in [2.24, 2.45) is 18.9 Å². The van der Waals surface area contributed by atoms with Crippen LogP contribution in [-0.2, 0) is 11.8 Å². The van der Waals surface area contributed by atoms with Gasteiger partial charge in [0.1, 0.15) is 5.69 Å². The van der Waals surface area contributed by atoms with E-state index >= 15 is 0 Å². The Morgan fingerprint density at radius 1 is 1.22 bits per heavy atom. The summed E-state index contributed by atoms with van der Waals surface area (Å²) < 4.78 is 1.82. The molecule has 4 rings (SSSR count). The highest BCUT2D eigenvalue weighted by Gasteiger charge is 2.48. The van der Waals surface area contributed by atoms with Crippen molar-refractivity contribution in [3.8, 4) is 0 Å². The Kier molecular flexibility index (Phi) is 3.18. The van der Waals surface area contributed by atoms with E-state index in [-0.39, 0.29) is 23.7 Å². The zero-order valence-electron chi connectivity index (χ0n) is 12.9. The summed E-state index contributed by atoms with van der Waals surface area (Å²) in [6.07, 6.45) is 5.27. The van der Waals surface area contributed by atoms with E-state index in [1.54, 1.807) is 17.3 Å². The number of aromatic nitrogens is 2. The molecule has 0 radical (unpaired) electrons. The molecule has 0 aromatic carbocycles. The van der Waals surface area contributed by atoms with E-state index in [1.165, 1.54) is 0 Å². The minimum Gasteiger partial charge on any atom is -0.347 e. The average Bonchev–Trinajstić information content (AvgIpc) is 3.24. The molecular weight excluding hydrogens is 292 g/mol. The molecule has 4 heterocycles. The lowest BCUT2D eigenvalue weighted by atomic mass is 10.0. The molecule has 2 amide bonds. The van der Waals surface area contributed by atoms with Crippen LogP contribution in [-0.4, -0.2) is 45.9 Å². The van der Waals surface area contributed by atoms with Gasteiger partial charge < -0.3 is 14.4 Å². The quantitative estimate of drug-likeness (QED) is 0.836. The largest absolute Gasteiger partial charge is 0.347 e. The molecule has 6 heteroatoms. The summed E-state index contributed by atoms with van der Waals surface area (Å²) >= 11 is 0. The number of amides is 2. The molecule has 2 atom stereocenters. The van der Waals surface area contributed by atoms with Crippen LogP contribution in [0.15, 0.2) is 42.9 Å². The molecule has 2 aromatic heterocycles. The zero-order valence-corrected chi connectivity index (χ0v) is 12.9. The van der Waals surface area contributed by atoms with Gasteiger partial charge in [0.15, 0.2) is 0 Å². The summed E-state index contributed by atoms with van der Waals surface area (Å²) in [5.74, 6) is 0.212. The second kappa shape index (κ2) is 5.22. The van der Waals surface area contributed by atoms with E-state index in [9.17, 15) is 9.59 Å². The van der Waals surface area contributed by atoms with Crippen molar-refractivity contribution >= 4 is 17.5 Å². The van der Waals surface area contributed by atoms with Gasteiger partial charge in [-0.15, -0.1) is 0 Å². The lowest BCUT2D eigenvalue weighted by molar-refractivity contribution is -0.120. The van der Waals surface area contributed by atoms with Crippen LogP contribution in [0.4, 0.5) is 5.69 Å². The van der Waals surface area contributed by atoms with Crippen LogP contribution < -0.4 is 4.90 Å². The Labute approximate surface area is 134 Å². The van der Waals surface area contributed by atoms with Crippen molar-refractivity contribution in [1.29, 1.82) is 0 Å². The van der Waals surface area contributed by atoms with Crippen molar-refractivity contribution in [3.05, 3.63) is 48.5 Å². The number of carbonyl (C=O) groups is 2. The van der Waals surface area contributed by atoms with Gasteiger partial charge in [-0.1, -0.05) is 0 Å². The highest BCUT2D eigenvalue weighted by molar-refractivity contribution is 5.99. The summed E-state index contributed by atoms with van der Waals surface area (Å²) in [6, 6.07) is 7.42. The molecule has 0 aliphatic carbocycles. The Morgan fingerprint density at radius 2 is 2.09 bits per heavy atom. The van der Waals surface area contributed by atoms with Gasteiger partial charge in [0, 0.05) is 45.0 Å². The van der Waals surface area contributed by atoms with Gasteiger partial charge in [-0.25, -0.2) is 0 Å². The second-order valence-electron chi connectivity index (χ2n) is 6.24.